The molecule has 0 aliphatic heterocycles. The molecule has 0 bridgehead atoms. The molecular weight excluding hydrogens is 150 g/mol. The highest BCUT2D eigenvalue weighted by Gasteiger charge is 1.98. The number of hydrogen-bond acceptors (Lipinski definition) is 2. The molecule has 0 atom stereocenters. The zero-order valence-corrected chi connectivity index (χ0v) is 7.33. The Morgan fingerprint density at radius 1 is 1.25 bits per heavy atom. The first-order chi connectivity index (χ1) is 5.65. The van der Waals surface area contributed by atoms with Gasteiger partial charge in [-0.1, -0.05) is 12.1 Å². The van der Waals surface area contributed by atoms with Gasteiger partial charge in [0.15, 0.2) is 0 Å². The lowest BCUT2D eigenvalue weighted by Crippen LogP contribution is -2.15. The summed E-state index contributed by atoms with van der Waals surface area (Å²) in [6, 6.07) is 5.89. The van der Waals surface area contributed by atoms with E-state index in [-0.39, 0.29) is 0 Å². The van der Waals surface area contributed by atoms with Crippen molar-refractivity contribution in [2.45, 2.75) is 13.8 Å². The number of nitrogens with zero attached hydrogens (tertiary/aromatic N) is 1. The van der Waals surface area contributed by atoms with Crippen molar-refractivity contribution in [3.05, 3.63) is 34.9 Å². The van der Waals surface area contributed by atoms with Gasteiger partial charge in [-0.2, -0.15) is 5.10 Å². The third kappa shape index (κ3) is 1.56. The van der Waals surface area contributed by atoms with Crippen LogP contribution < -0.4 is 11.6 Å². The van der Waals surface area contributed by atoms with Gasteiger partial charge in [-0.15, -0.1) is 0 Å². The molecule has 64 valence electrons. The molecule has 0 unspecified atom stereocenters. The maximum atomic E-state index is 5.54. The molecule has 0 fully saturated rings. The van der Waals surface area contributed by atoms with Crippen molar-refractivity contribution < 1.29 is 0 Å². The van der Waals surface area contributed by atoms with E-state index in [0.717, 1.165) is 5.56 Å². The van der Waals surface area contributed by atoms with E-state index in [1.807, 2.05) is 25.1 Å². The van der Waals surface area contributed by atoms with Gasteiger partial charge in [-0.05, 0) is 31.0 Å². The summed E-state index contributed by atoms with van der Waals surface area (Å²) in [7, 11) is 0. The van der Waals surface area contributed by atoms with E-state index in [0.29, 0.717) is 5.84 Å². The molecule has 0 aliphatic rings. The van der Waals surface area contributed by atoms with Gasteiger partial charge in [0.05, 0.1) is 0 Å². The highest BCUT2D eigenvalue weighted by atomic mass is 15.1. The van der Waals surface area contributed by atoms with E-state index in [4.69, 9.17) is 11.6 Å². The molecule has 0 saturated carbocycles. The molecule has 0 aromatic heterocycles. The predicted octanol–water partition coefficient (Wildman–Crippen LogP) is 0.882. The summed E-state index contributed by atoms with van der Waals surface area (Å²) in [5.41, 5.74) is 8.85. The fraction of sp³-hybridized carbons (Fsp3) is 0.222. The summed E-state index contributed by atoms with van der Waals surface area (Å²) in [6.45, 7) is 4.08. The number of amidine groups is 1. The number of benzene rings is 1. The molecule has 1 aromatic carbocycles. The summed E-state index contributed by atoms with van der Waals surface area (Å²) >= 11 is 0. The van der Waals surface area contributed by atoms with Crippen LogP contribution in [0.25, 0.3) is 0 Å². The number of rotatable bonds is 1. The molecule has 3 heteroatoms. The number of nitrogens with two attached hydrogens (primary N) is 2. The van der Waals surface area contributed by atoms with Gasteiger partial charge in [-0.25, -0.2) is 0 Å². The van der Waals surface area contributed by atoms with Crippen LogP contribution >= 0.6 is 0 Å². The van der Waals surface area contributed by atoms with E-state index in [1.165, 1.54) is 11.1 Å². The molecule has 4 N–H and O–H groups in total. The fourth-order valence-corrected chi connectivity index (χ4v) is 0.975. The first kappa shape index (κ1) is 8.59. The van der Waals surface area contributed by atoms with Crippen molar-refractivity contribution >= 4 is 5.84 Å². The Hall–Kier alpha value is -1.51. The fourth-order valence-electron chi connectivity index (χ4n) is 0.975. The largest absolute Gasteiger partial charge is 0.382 e. The smallest absolute Gasteiger partial charge is 0.150 e. The lowest BCUT2D eigenvalue weighted by molar-refractivity contribution is 1.22. The van der Waals surface area contributed by atoms with E-state index in [1.54, 1.807) is 0 Å². The topological polar surface area (TPSA) is 64.4 Å². The van der Waals surface area contributed by atoms with Crippen LogP contribution in [0.3, 0.4) is 0 Å². The minimum atomic E-state index is 0.373. The predicted molar refractivity (Wildman–Crippen MR) is 50.8 cm³/mol. The summed E-state index contributed by atoms with van der Waals surface area (Å²) in [5.74, 6) is 5.43. The monoisotopic (exact) mass is 163 g/mol. The van der Waals surface area contributed by atoms with Crippen LogP contribution in [0.2, 0.25) is 0 Å². The Morgan fingerprint density at radius 2 is 1.92 bits per heavy atom. The summed E-state index contributed by atoms with van der Waals surface area (Å²) < 4.78 is 0. The van der Waals surface area contributed by atoms with Crippen LogP contribution in [0, 0.1) is 13.8 Å². The van der Waals surface area contributed by atoms with E-state index in [2.05, 4.69) is 12.0 Å². The molecule has 0 spiro atoms. The van der Waals surface area contributed by atoms with Gasteiger partial charge in [0.2, 0.25) is 0 Å². The minimum Gasteiger partial charge on any atom is -0.382 e. The Labute approximate surface area is 72.1 Å². The summed E-state index contributed by atoms with van der Waals surface area (Å²) in [4.78, 5) is 0. The summed E-state index contributed by atoms with van der Waals surface area (Å²) in [6.07, 6.45) is 0. The molecule has 0 saturated heterocycles. The molecule has 0 heterocycles. The van der Waals surface area contributed by atoms with E-state index in [9.17, 15) is 0 Å². The first-order valence-electron chi connectivity index (χ1n) is 3.76. The number of aryl methyl sites for hydroxylation is 2. The zero-order chi connectivity index (χ0) is 9.14. The van der Waals surface area contributed by atoms with Crippen LogP contribution in [0.5, 0.6) is 0 Å². The van der Waals surface area contributed by atoms with Crippen LogP contribution in [-0.4, -0.2) is 5.84 Å². The van der Waals surface area contributed by atoms with E-state index >= 15 is 0 Å². The van der Waals surface area contributed by atoms with Crippen molar-refractivity contribution in [1.29, 1.82) is 0 Å². The standard InChI is InChI=1S/C9H13N3/c1-6-3-4-8(5-7(6)2)9(10)12-11/h3-5H,11H2,1-2H3,(H2,10,12). The molecule has 3 nitrogen and oxygen atoms in total. The molecule has 0 amide bonds. The quantitative estimate of drug-likeness (QED) is 0.279. The Kier molecular flexibility index (Phi) is 2.33. The summed E-state index contributed by atoms with van der Waals surface area (Å²) in [5, 5.41) is 3.42. The van der Waals surface area contributed by atoms with Crippen molar-refractivity contribution in [2.75, 3.05) is 0 Å². The van der Waals surface area contributed by atoms with Crippen molar-refractivity contribution in [3.63, 3.8) is 0 Å². The molecular formula is C9H13N3. The average Bonchev–Trinajstić information content (AvgIpc) is 2.08. The third-order valence-corrected chi connectivity index (χ3v) is 1.94. The van der Waals surface area contributed by atoms with E-state index < -0.39 is 0 Å². The second kappa shape index (κ2) is 3.26. The maximum Gasteiger partial charge on any atom is 0.150 e. The van der Waals surface area contributed by atoms with Gasteiger partial charge in [0.25, 0.3) is 0 Å². The first-order valence-corrected chi connectivity index (χ1v) is 3.76. The minimum absolute atomic E-state index is 0.373. The van der Waals surface area contributed by atoms with Gasteiger partial charge in [0, 0.05) is 5.56 Å². The van der Waals surface area contributed by atoms with Gasteiger partial charge < -0.3 is 11.6 Å². The van der Waals surface area contributed by atoms with Gasteiger partial charge in [0.1, 0.15) is 5.84 Å². The number of hydrazone groups is 1. The lowest BCUT2D eigenvalue weighted by Gasteiger charge is -2.03. The van der Waals surface area contributed by atoms with Gasteiger partial charge >= 0.3 is 0 Å². The average molecular weight is 163 g/mol. The third-order valence-electron chi connectivity index (χ3n) is 1.94. The Balaban J connectivity index is 3.13. The highest BCUT2D eigenvalue weighted by molar-refractivity contribution is 5.97. The van der Waals surface area contributed by atoms with Crippen LogP contribution in [0.4, 0.5) is 0 Å². The van der Waals surface area contributed by atoms with Gasteiger partial charge in [-0.3, -0.25) is 0 Å². The van der Waals surface area contributed by atoms with Crippen molar-refractivity contribution in [1.82, 2.24) is 0 Å². The highest BCUT2D eigenvalue weighted by Crippen LogP contribution is 2.08. The second-order valence-electron chi connectivity index (χ2n) is 2.81. The van der Waals surface area contributed by atoms with Crippen molar-refractivity contribution in [3.8, 4) is 0 Å². The van der Waals surface area contributed by atoms with Crippen molar-refractivity contribution in [2.24, 2.45) is 16.7 Å². The Bertz CT molecular complexity index is 316. The molecule has 12 heavy (non-hydrogen) atoms. The SMILES string of the molecule is Cc1ccc(/C(N)=N/N)cc1C. The molecule has 0 aliphatic carbocycles. The molecule has 1 rings (SSSR count). The maximum absolute atomic E-state index is 5.54. The molecule has 1 aromatic rings. The Morgan fingerprint density at radius 3 is 2.42 bits per heavy atom. The van der Waals surface area contributed by atoms with Crippen LogP contribution in [-0.2, 0) is 0 Å². The number of hydrogen-bond donors (Lipinski definition) is 2. The normalized spacial score (nSPS) is 11.7. The van der Waals surface area contributed by atoms with Crippen LogP contribution in [0.1, 0.15) is 16.7 Å². The van der Waals surface area contributed by atoms with Crippen LogP contribution in [0.15, 0.2) is 23.3 Å². The zero-order valence-electron chi connectivity index (χ0n) is 7.33. The molecule has 0 radical (unpaired) electrons. The second-order valence-corrected chi connectivity index (χ2v) is 2.81. The lowest BCUT2D eigenvalue weighted by atomic mass is 10.1.